The van der Waals surface area contributed by atoms with E-state index in [1.807, 2.05) is 109 Å². The first kappa shape index (κ1) is 37.8. The van der Waals surface area contributed by atoms with Crippen LogP contribution >= 0.6 is 0 Å². The van der Waals surface area contributed by atoms with E-state index in [2.05, 4.69) is 12.1 Å². The van der Waals surface area contributed by atoms with Gasteiger partial charge in [0.05, 0.1) is 5.92 Å². The number of ketones is 1. The maximum atomic E-state index is 13.6. The lowest BCUT2D eigenvalue weighted by Crippen LogP contribution is -2.24. The second-order valence-electron chi connectivity index (χ2n) is 12.7. The number of benzene rings is 4. The number of carbonyl (C=O) groups excluding carboxylic acids is 4. The summed E-state index contributed by atoms with van der Waals surface area (Å²) in [5, 5.41) is 0. The normalized spacial score (nSPS) is 12.0. The van der Waals surface area contributed by atoms with Crippen molar-refractivity contribution in [2.24, 2.45) is 11.8 Å². The largest absolute Gasteiger partial charge is 0.461 e. The molecule has 2 atom stereocenters. The molecule has 0 saturated carbocycles. The van der Waals surface area contributed by atoms with Crippen molar-refractivity contribution in [2.75, 3.05) is 0 Å². The van der Waals surface area contributed by atoms with Crippen LogP contribution in [0.5, 0.6) is 0 Å². The fraction of sp³-hybridized carbons (Fsp3) is 0.349. The summed E-state index contributed by atoms with van der Waals surface area (Å²) < 4.78 is 16.5. The van der Waals surface area contributed by atoms with Crippen LogP contribution in [-0.2, 0) is 59.6 Å². The van der Waals surface area contributed by atoms with Gasteiger partial charge in [-0.15, -0.1) is 0 Å². The van der Waals surface area contributed by atoms with E-state index in [1.54, 1.807) is 0 Å². The van der Waals surface area contributed by atoms with E-state index in [9.17, 15) is 19.2 Å². The zero-order valence-corrected chi connectivity index (χ0v) is 28.8. The zero-order valence-electron chi connectivity index (χ0n) is 28.8. The topological polar surface area (TPSA) is 96.0 Å². The van der Waals surface area contributed by atoms with Crippen molar-refractivity contribution in [1.29, 1.82) is 0 Å². The van der Waals surface area contributed by atoms with Gasteiger partial charge in [0, 0.05) is 25.7 Å². The molecule has 0 saturated heterocycles. The molecule has 4 aromatic carbocycles. The second kappa shape index (κ2) is 21.8. The average molecular weight is 677 g/mol. The van der Waals surface area contributed by atoms with E-state index in [0.29, 0.717) is 12.8 Å². The number of hydrogen-bond acceptors (Lipinski definition) is 7. The molecule has 0 heterocycles. The minimum Gasteiger partial charge on any atom is -0.461 e. The first-order valence-electron chi connectivity index (χ1n) is 17.6. The molecule has 262 valence electrons. The highest BCUT2D eigenvalue weighted by Gasteiger charge is 2.26. The predicted molar refractivity (Wildman–Crippen MR) is 192 cm³/mol. The summed E-state index contributed by atoms with van der Waals surface area (Å²) >= 11 is 0. The third-order valence-corrected chi connectivity index (χ3v) is 8.59. The molecule has 0 N–H and O–H groups in total. The molecule has 7 nitrogen and oxygen atoms in total. The van der Waals surface area contributed by atoms with Gasteiger partial charge in [0.2, 0.25) is 0 Å². The van der Waals surface area contributed by atoms with Gasteiger partial charge in [0.1, 0.15) is 25.6 Å². The Morgan fingerprint density at radius 3 is 1.44 bits per heavy atom. The van der Waals surface area contributed by atoms with E-state index in [4.69, 9.17) is 14.2 Å². The number of hydrogen-bond donors (Lipinski definition) is 0. The van der Waals surface area contributed by atoms with Crippen LogP contribution < -0.4 is 0 Å². The van der Waals surface area contributed by atoms with E-state index in [-0.39, 0.29) is 56.8 Å². The highest BCUT2D eigenvalue weighted by Crippen LogP contribution is 2.24. The molecule has 4 aromatic rings. The number of unbranched alkanes of at least 4 members (excludes halogenated alkanes) is 2. The Hall–Kier alpha value is -5.04. The lowest BCUT2D eigenvalue weighted by Gasteiger charge is -2.19. The third-order valence-electron chi connectivity index (χ3n) is 8.59. The highest BCUT2D eigenvalue weighted by atomic mass is 16.5. The molecule has 0 aliphatic rings. The summed E-state index contributed by atoms with van der Waals surface area (Å²) in [6.07, 6.45) is 4.82. The molecule has 7 heteroatoms. The fourth-order valence-corrected chi connectivity index (χ4v) is 5.85. The van der Waals surface area contributed by atoms with Gasteiger partial charge in [-0.25, -0.2) is 0 Å². The first-order valence-corrected chi connectivity index (χ1v) is 17.6. The van der Waals surface area contributed by atoms with Crippen molar-refractivity contribution >= 4 is 23.7 Å². The molecule has 0 bridgehead atoms. The smallest absolute Gasteiger partial charge is 0.309 e. The maximum Gasteiger partial charge on any atom is 0.309 e. The molecule has 0 aliphatic carbocycles. The van der Waals surface area contributed by atoms with Gasteiger partial charge in [-0.2, -0.15) is 0 Å². The molecule has 0 aromatic heterocycles. The molecule has 0 fully saturated rings. The average Bonchev–Trinajstić information content (AvgIpc) is 3.15. The van der Waals surface area contributed by atoms with Crippen LogP contribution in [0.3, 0.4) is 0 Å². The van der Waals surface area contributed by atoms with Gasteiger partial charge in [0.25, 0.3) is 0 Å². The van der Waals surface area contributed by atoms with Crippen molar-refractivity contribution in [2.45, 2.75) is 84.0 Å². The Balaban J connectivity index is 1.29. The van der Waals surface area contributed by atoms with Gasteiger partial charge in [-0.3, -0.25) is 19.2 Å². The fourth-order valence-electron chi connectivity index (χ4n) is 5.85. The lowest BCUT2D eigenvalue weighted by atomic mass is 9.86. The van der Waals surface area contributed by atoms with Gasteiger partial charge in [-0.05, 0) is 53.9 Å². The Labute approximate surface area is 296 Å². The molecule has 4 rings (SSSR count). The van der Waals surface area contributed by atoms with E-state index >= 15 is 0 Å². The third kappa shape index (κ3) is 15.0. The van der Waals surface area contributed by atoms with Crippen LogP contribution in [0.2, 0.25) is 0 Å². The molecular formula is C43H48O7. The molecule has 0 radical (unpaired) electrons. The van der Waals surface area contributed by atoms with Gasteiger partial charge in [0.15, 0.2) is 0 Å². The van der Waals surface area contributed by atoms with E-state index < -0.39 is 17.9 Å². The molecule has 0 amide bonds. The number of ether oxygens (including phenoxy) is 3. The molecule has 50 heavy (non-hydrogen) atoms. The Bertz CT molecular complexity index is 1570. The Morgan fingerprint density at radius 1 is 0.460 bits per heavy atom. The summed E-state index contributed by atoms with van der Waals surface area (Å²) in [6, 6.07) is 38.5. The SMILES string of the molecule is O=C(C[C@@H](CCCCCC(=O)OCc1ccccc1)Cc1ccccc1)C[C@@H](CCC(=O)OCc1ccccc1)C(=O)OCc1ccccc1. The summed E-state index contributed by atoms with van der Waals surface area (Å²) in [6.45, 7) is 0.521. The van der Waals surface area contributed by atoms with E-state index in [0.717, 1.165) is 54.4 Å². The first-order chi connectivity index (χ1) is 24.4. The molecule has 0 aliphatic heterocycles. The predicted octanol–water partition coefficient (Wildman–Crippen LogP) is 8.77. The maximum absolute atomic E-state index is 13.6. The second-order valence-corrected chi connectivity index (χ2v) is 12.7. The molecule has 0 spiro atoms. The van der Waals surface area contributed by atoms with Gasteiger partial charge >= 0.3 is 17.9 Å². The van der Waals surface area contributed by atoms with Crippen LogP contribution in [-0.4, -0.2) is 23.7 Å². The van der Waals surface area contributed by atoms with Crippen molar-refractivity contribution in [3.8, 4) is 0 Å². The van der Waals surface area contributed by atoms with Crippen molar-refractivity contribution in [1.82, 2.24) is 0 Å². The van der Waals surface area contributed by atoms with Crippen LogP contribution in [0.4, 0.5) is 0 Å². The number of rotatable bonds is 22. The number of esters is 3. The monoisotopic (exact) mass is 676 g/mol. The van der Waals surface area contributed by atoms with E-state index in [1.165, 1.54) is 0 Å². The highest BCUT2D eigenvalue weighted by molar-refractivity contribution is 5.85. The Morgan fingerprint density at radius 2 is 0.920 bits per heavy atom. The van der Waals surface area contributed by atoms with Crippen molar-refractivity contribution in [3.05, 3.63) is 144 Å². The van der Waals surface area contributed by atoms with Crippen molar-refractivity contribution < 1.29 is 33.4 Å². The summed E-state index contributed by atoms with van der Waals surface area (Å²) in [4.78, 5) is 51.7. The minimum absolute atomic E-state index is 0.00185. The van der Waals surface area contributed by atoms with Gasteiger partial charge < -0.3 is 14.2 Å². The Kier molecular flexibility index (Phi) is 16.5. The van der Waals surface area contributed by atoms with Crippen LogP contribution in [0, 0.1) is 11.8 Å². The lowest BCUT2D eigenvalue weighted by molar-refractivity contribution is -0.153. The summed E-state index contributed by atoms with van der Waals surface area (Å²) in [5.74, 6) is -1.83. The minimum atomic E-state index is -0.755. The van der Waals surface area contributed by atoms with Crippen LogP contribution in [0.25, 0.3) is 0 Å². The molecule has 0 unspecified atom stereocenters. The number of Topliss-reactive ketones (excluding diaryl/α,β-unsaturated/α-hetero) is 1. The standard InChI is InChI=1S/C43H48O7/c44-40(29-38(28-34-16-6-1-7-17-34)24-14-5-15-25-41(45)48-31-35-18-8-2-9-19-35)30-39(43(47)50-33-37-22-12-4-13-23-37)26-27-42(46)49-32-36-20-10-3-11-21-36/h1-4,6-13,16-23,38-39H,5,14-15,24-33H2/t38-,39+/m0/s1. The van der Waals surface area contributed by atoms with Crippen LogP contribution in [0.15, 0.2) is 121 Å². The quantitative estimate of drug-likeness (QED) is 0.0467. The van der Waals surface area contributed by atoms with Gasteiger partial charge in [-0.1, -0.05) is 134 Å². The van der Waals surface area contributed by atoms with Crippen molar-refractivity contribution in [3.63, 3.8) is 0 Å². The summed E-state index contributed by atoms with van der Waals surface area (Å²) in [7, 11) is 0. The zero-order chi connectivity index (χ0) is 35.2. The molecular weight excluding hydrogens is 628 g/mol. The number of carbonyl (C=O) groups is 4. The summed E-state index contributed by atoms with van der Waals surface area (Å²) in [5.41, 5.74) is 3.83. The van der Waals surface area contributed by atoms with Crippen LogP contribution in [0.1, 0.15) is 80.0 Å².